The summed E-state index contributed by atoms with van der Waals surface area (Å²) in [5, 5.41) is 0.736. The van der Waals surface area contributed by atoms with E-state index >= 15 is 0 Å². The van der Waals surface area contributed by atoms with Gasteiger partial charge in [-0.15, -0.1) is 0 Å². The van der Waals surface area contributed by atoms with Crippen molar-refractivity contribution in [2.24, 2.45) is 0 Å². The van der Waals surface area contributed by atoms with Crippen molar-refractivity contribution in [3.8, 4) is 5.88 Å². The smallest absolute Gasteiger partial charge is 0.214 e. The van der Waals surface area contributed by atoms with Crippen LogP contribution in [-0.2, 0) is 11.3 Å². The van der Waals surface area contributed by atoms with E-state index in [2.05, 4.69) is 4.98 Å². The summed E-state index contributed by atoms with van der Waals surface area (Å²) in [6.07, 6.45) is 2.42. The first-order chi connectivity index (χ1) is 8.17. The minimum atomic E-state index is -0.0494. The van der Waals surface area contributed by atoms with Crippen LogP contribution in [0.5, 0.6) is 5.88 Å². The maximum absolute atomic E-state index is 11.5. The fourth-order valence-corrected chi connectivity index (χ4v) is 1.76. The van der Waals surface area contributed by atoms with Crippen molar-refractivity contribution in [1.29, 1.82) is 0 Å². The lowest BCUT2D eigenvalue weighted by atomic mass is 10.1. The van der Waals surface area contributed by atoms with Crippen molar-refractivity contribution in [2.75, 3.05) is 7.11 Å². The van der Waals surface area contributed by atoms with Crippen LogP contribution in [0.3, 0.4) is 0 Å². The second-order valence-electron chi connectivity index (χ2n) is 3.64. The van der Waals surface area contributed by atoms with Crippen LogP contribution in [0.25, 0.3) is 11.0 Å². The van der Waals surface area contributed by atoms with Crippen LogP contribution in [0.2, 0.25) is 0 Å². The lowest BCUT2D eigenvalue weighted by Crippen LogP contribution is -1.98. The van der Waals surface area contributed by atoms with E-state index in [1.54, 1.807) is 22.9 Å². The van der Waals surface area contributed by atoms with Crippen LogP contribution in [0.4, 0.5) is 0 Å². The Morgan fingerprint density at radius 2 is 2.29 bits per heavy atom. The predicted molar refractivity (Wildman–Crippen MR) is 62.4 cm³/mol. The molecule has 0 fully saturated rings. The van der Waals surface area contributed by atoms with Gasteiger partial charge in [0.1, 0.15) is 11.9 Å². The number of hydrogen-bond donors (Lipinski definition) is 0. The Balaban J connectivity index is 2.71. The van der Waals surface area contributed by atoms with Crippen molar-refractivity contribution in [2.45, 2.75) is 13.5 Å². The molecule has 0 N–H and O–H groups in total. The molecule has 88 valence electrons. The van der Waals surface area contributed by atoms with E-state index in [-0.39, 0.29) is 12.3 Å². The van der Waals surface area contributed by atoms with E-state index in [4.69, 9.17) is 4.74 Å². The highest BCUT2D eigenvalue weighted by Gasteiger charge is 2.13. The zero-order valence-electron chi connectivity index (χ0n) is 9.64. The molecule has 0 spiro atoms. The molecule has 0 saturated heterocycles. The number of methoxy groups -OCH3 is 1. The molecule has 0 atom stereocenters. The van der Waals surface area contributed by atoms with Crippen LogP contribution in [0, 0.1) is 0 Å². The van der Waals surface area contributed by atoms with Crippen LogP contribution in [-0.4, -0.2) is 28.7 Å². The molecular weight excluding hydrogens is 220 g/mol. The molecule has 2 rings (SSSR count). The molecule has 0 unspecified atom stereocenters. The van der Waals surface area contributed by atoms with Crippen molar-refractivity contribution in [3.63, 3.8) is 0 Å². The van der Waals surface area contributed by atoms with Crippen molar-refractivity contribution in [3.05, 3.63) is 23.9 Å². The Labute approximate surface area is 98.0 Å². The molecule has 0 aliphatic carbocycles. The predicted octanol–water partition coefficient (Wildman–Crippen LogP) is 1.45. The van der Waals surface area contributed by atoms with Gasteiger partial charge in [0.15, 0.2) is 5.78 Å². The van der Waals surface area contributed by atoms with Gasteiger partial charge in [-0.25, -0.2) is 0 Å². The highest BCUT2D eigenvalue weighted by atomic mass is 16.5. The molecule has 0 aliphatic heterocycles. The number of carbonyl (C=O) groups is 2. The number of ketones is 1. The number of carbonyl (C=O) groups excluding carboxylic acids is 2. The SMILES string of the molecule is COc1ccc2c(C(C)=O)cn(CC=O)c2n1. The van der Waals surface area contributed by atoms with Crippen LogP contribution < -0.4 is 4.74 Å². The average Bonchev–Trinajstić information content (AvgIpc) is 2.68. The van der Waals surface area contributed by atoms with Crippen molar-refractivity contribution >= 4 is 23.1 Å². The number of aldehydes is 1. The zero-order chi connectivity index (χ0) is 12.4. The topological polar surface area (TPSA) is 61.2 Å². The number of hydrogen-bond acceptors (Lipinski definition) is 4. The van der Waals surface area contributed by atoms with Gasteiger partial charge in [0.2, 0.25) is 5.88 Å². The molecule has 2 aromatic heterocycles. The number of rotatable bonds is 4. The number of fused-ring (bicyclic) bond motifs is 1. The molecule has 5 heteroatoms. The molecule has 0 radical (unpaired) electrons. The summed E-state index contributed by atoms with van der Waals surface area (Å²) in [6.45, 7) is 1.66. The molecule has 17 heavy (non-hydrogen) atoms. The highest BCUT2D eigenvalue weighted by molar-refractivity contribution is 6.06. The molecule has 0 saturated carbocycles. The van der Waals surface area contributed by atoms with Gasteiger partial charge in [-0.1, -0.05) is 0 Å². The monoisotopic (exact) mass is 232 g/mol. The highest BCUT2D eigenvalue weighted by Crippen LogP contribution is 2.22. The Kier molecular flexibility index (Phi) is 2.91. The molecule has 5 nitrogen and oxygen atoms in total. The number of aromatic nitrogens is 2. The summed E-state index contributed by atoms with van der Waals surface area (Å²) in [5.41, 5.74) is 1.15. The molecule has 2 heterocycles. The van der Waals surface area contributed by atoms with E-state index < -0.39 is 0 Å². The minimum Gasteiger partial charge on any atom is -0.481 e. The van der Waals surface area contributed by atoms with Gasteiger partial charge < -0.3 is 14.1 Å². The molecular formula is C12H12N2O3. The molecule has 0 aromatic carbocycles. The van der Waals surface area contributed by atoms with Gasteiger partial charge in [-0.2, -0.15) is 4.98 Å². The first-order valence-corrected chi connectivity index (χ1v) is 5.16. The second kappa shape index (κ2) is 4.37. The van der Waals surface area contributed by atoms with Gasteiger partial charge in [0.05, 0.1) is 13.7 Å². The molecule has 0 amide bonds. The first-order valence-electron chi connectivity index (χ1n) is 5.16. The van der Waals surface area contributed by atoms with Crippen molar-refractivity contribution < 1.29 is 14.3 Å². The third-order valence-corrected chi connectivity index (χ3v) is 2.56. The third kappa shape index (κ3) is 1.91. The number of nitrogens with zero attached hydrogens (tertiary/aromatic N) is 2. The van der Waals surface area contributed by atoms with Crippen LogP contribution in [0.15, 0.2) is 18.3 Å². The van der Waals surface area contributed by atoms with Crippen molar-refractivity contribution in [1.82, 2.24) is 9.55 Å². The Hall–Kier alpha value is -2.17. The van der Waals surface area contributed by atoms with E-state index in [1.165, 1.54) is 14.0 Å². The number of ether oxygens (including phenoxy) is 1. The van der Waals surface area contributed by atoms with Gasteiger partial charge >= 0.3 is 0 Å². The second-order valence-corrected chi connectivity index (χ2v) is 3.64. The average molecular weight is 232 g/mol. The largest absolute Gasteiger partial charge is 0.481 e. The van der Waals surface area contributed by atoms with Crippen LogP contribution in [0.1, 0.15) is 17.3 Å². The number of Topliss-reactive ketones (excluding diaryl/α,β-unsaturated/α-hetero) is 1. The summed E-state index contributed by atoms with van der Waals surface area (Å²) in [6, 6.07) is 3.47. The van der Waals surface area contributed by atoms with E-state index in [1.807, 2.05) is 0 Å². The Bertz CT molecular complexity index is 587. The van der Waals surface area contributed by atoms with E-state index in [0.29, 0.717) is 17.1 Å². The normalized spacial score (nSPS) is 10.5. The zero-order valence-corrected chi connectivity index (χ0v) is 9.64. The molecule has 0 aliphatic rings. The fraction of sp³-hybridized carbons (Fsp3) is 0.250. The summed E-state index contributed by atoms with van der Waals surface area (Å²) < 4.78 is 6.67. The van der Waals surface area contributed by atoms with Gasteiger partial charge in [-0.05, 0) is 13.0 Å². The van der Waals surface area contributed by atoms with Crippen LogP contribution >= 0.6 is 0 Å². The van der Waals surface area contributed by atoms with Gasteiger partial charge in [-0.3, -0.25) is 4.79 Å². The van der Waals surface area contributed by atoms with E-state index in [9.17, 15) is 9.59 Å². The lowest BCUT2D eigenvalue weighted by Gasteiger charge is -2.01. The van der Waals surface area contributed by atoms with Gasteiger partial charge in [0.25, 0.3) is 0 Å². The summed E-state index contributed by atoms with van der Waals surface area (Å²) >= 11 is 0. The molecule has 2 aromatic rings. The summed E-state index contributed by atoms with van der Waals surface area (Å²) in [7, 11) is 1.52. The van der Waals surface area contributed by atoms with Gasteiger partial charge in [0, 0.05) is 23.2 Å². The first kappa shape index (κ1) is 11.3. The quantitative estimate of drug-likeness (QED) is 0.591. The minimum absolute atomic E-state index is 0.0494. The maximum atomic E-state index is 11.5. The number of pyridine rings is 1. The Morgan fingerprint density at radius 3 is 2.88 bits per heavy atom. The summed E-state index contributed by atoms with van der Waals surface area (Å²) in [5.74, 6) is 0.407. The lowest BCUT2D eigenvalue weighted by molar-refractivity contribution is -0.108. The Morgan fingerprint density at radius 1 is 1.53 bits per heavy atom. The fourth-order valence-electron chi connectivity index (χ4n) is 1.76. The third-order valence-electron chi connectivity index (χ3n) is 2.56. The summed E-state index contributed by atoms with van der Waals surface area (Å²) in [4.78, 5) is 26.3. The standard InChI is InChI=1S/C12H12N2O3/c1-8(16)10-7-14(5-6-15)12-9(10)3-4-11(13-12)17-2/h3-4,6-7H,5H2,1-2H3. The maximum Gasteiger partial charge on any atom is 0.214 e. The molecule has 0 bridgehead atoms. The van der Waals surface area contributed by atoms with E-state index in [0.717, 1.165) is 11.7 Å².